The molecule has 2 aliphatic rings. The van der Waals surface area contributed by atoms with Crippen molar-refractivity contribution in [2.24, 2.45) is 11.8 Å². The van der Waals surface area contributed by atoms with Crippen LogP contribution in [-0.4, -0.2) is 67.6 Å². The molecule has 0 bridgehead atoms. The average Bonchev–Trinajstić information content (AvgIpc) is 3.03. The number of nitrogens with one attached hydrogen (secondary N) is 1. The number of carbonyl (C=O) groups is 2. The van der Waals surface area contributed by atoms with E-state index in [2.05, 4.69) is 5.32 Å². The second-order valence-electron chi connectivity index (χ2n) is 5.68. The Hall–Kier alpha value is -1.34. The molecule has 0 saturated carbocycles. The maximum absolute atomic E-state index is 12.1. The molecule has 0 spiro atoms. The molecule has 7 nitrogen and oxygen atoms in total. The topological polar surface area (TPSA) is 88.1 Å². The molecular weight excluding hydrogens is 264 g/mol. The maximum Gasteiger partial charge on any atom is 0.317 e. The maximum atomic E-state index is 12.1. The normalized spacial score (nSPS) is 33.4. The van der Waals surface area contributed by atoms with Gasteiger partial charge in [-0.2, -0.15) is 0 Å². The smallest absolute Gasteiger partial charge is 0.317 e. The molecule has 1 unspecified atom stereocenters. The third-order valence-corrected chi connectivity index (χ3v) is 4.28. The number of methoxy groups -OCH3 is 1. The molecule has 2 heterocycles. The monoisotopic (exact) mass is 286 g/mol. The number of hydrogen-bond acceptors (Lipinski definition) is 4. The lowest BCUT2D eigenvalue weighted by Crippen LogP contribution is -2.48. The molecule has 0 aromatic rings. The number of carboxylic acid groups (broad SMARTS) is 1. The van der Waals surface area contributed by atoms with Crippen molar-refractivity contribution < 1.29 is 24.2 Å². The number of carboxylic acids is 1. The molecule has 2 N–H and O–H groups in total. The standard InChI is InChI=1S/C13H22N2O5/c1-9-5-15(6-10(9)11(16)17)12(18)14-7-13(19-2)3-4-20-8-13/h9-10H,3-8H2,1-2H3,(H,14,18)(H,16,17)/t9-,10-,13?/m1/s1. The molecule has 0 aliphatic carbocycles. The summed E-state index contributed by atoms with van der Waals surface area (Å²) in [6.45, 7) is 4.07. The van der Waals surface area contributed by atoms with E-state index >= 15 is 0 Å². The van der Waals surface area contributed by atoms with E-state index < -0.39 is 17.5 Å². The first-order valence-corrected chi connectivity index (χ1v) is 6.86. The van der Waals surface area contributed by atoms with E-state index in [1.807, 2.05) is 6.92 Å². The van der Waals surface area contributed by atoms with Crippen molar-refractivity contribution in [2.75, 3.05) is 40.0 Å². The van der Waals surface area contributed by atoms with Gasteiger partial charge in [0.05, 0.1) is 19.1 Å². The number of carbonyl (C=O) groups excluding carboxylic acids is 1. The summed E-state index contributed by atoms with van der Waals surface area (Å²) in [7, 11) is 1.61. The number of aliphatic carboxylic acids is 1. The van der Waals surface area contributed by atoms with Gasteiger partial charge in [0.2, 0.25) is 0 Å². The van der Waals surface area contributed by atoms with Gasteiger partial charge in [-0.3, -0.25) is 4.79 Å². The summed E-state index contributed by atoms with van der Waals surface area (Å²) >= 11 is 0. The van der Waals surface area contributed by atoms with Crippen molar-refractivity contribution in [3.05, 3.63) is 0 Å². The van der Waals surface area contributed by atoms with Gasteiger partial charge in [0, 0.05) is 33.2 Å². The fourth-order valence-electron chi connectivity index (χ4n) is 2.76. The fraction of sp³-hybridized carbons (Fsp3) is 0.846. The number of nitrogens with zero attached hydrogens (tertiary/aromatic N) is 1. The molecule has 0 aromatic carbocycles. The first-order valence-electron chi connectivity index (χ1n) is 6.86. The van der Waals surface area contributed by atoms with Crippen molar-refractivity contribution in [3.63, 3.8) is 0 Å². The minimum absolute atomic E-state index is 0.0237. The Balaban J connectivity index is 1.85. The van der Waals surface area contributed by atoms with E-state index in [9.17, 15) is 9.59 Å². The summed E-state index contributed by atoms with van der Waals surface area (Å²) in [6, 6.07) is -0.232. The number of urea groups is 1. The predicted octanol–water partition coefficient (Wildman–Crippen LogP) is 0.154. The van der Waals surface area contributed by atoms with Crippen LogP contribution in [-0.2, 0) is 14.3 Å². The molecule has 2 rings (SSSR count). The summed E-state index contributed by atoms with van der Waals surface area (Å²) < 4.78 is 10.7. The van der Waals surface area contributed by atoms with Gasteiger partial charge >= 0.3 is 12.0 Å². The zero-order chi connectivity index (χ0) is 14.8. The highest BCUT2D eigenvalue weighted by atomic mass is 16.5. The SMILES string of the molecule is COC1(CNC(=O)N2C[C@@H](C)[C@H](C(=O)O)C2)CCOC1. The lowest BCUT2D eigenvalue weighted by Gasteiger charge is -2.27. The number of likely N-dealkylation sites (tertiary alicyclic amines) is 1. The number of ether oxygens (including phenoxy) is 2. The Morgan fingerprint density at radius 2 is 2.25 bits per heavy atom. The molecule has 20 heavy (non-hydrogen) atoms. The lowest BCUT2D eigenvalue weighted by atomic mass is 9.99. The van der Waals surface area contributed by atoms with Crippen LogP contribution in [0, 0.1) is 11.8 Å². The highest BCUT2D eigenvalue weighted by molar-refractivity contribution is 5.77. The molecule has 2 amide bonds. The Morgan fingerprint density at radius 3 is 2.75 bits per heavy atom. The van der Waals surface area contributed by atoms with Crippen molar-refractivity contribution >= 4 is 12.0 Å². The summed E-state index contributed by atoms with van der Waals surface area (Å²) in [5.41, 5.74) is -0.451. The molecule has 7 heteroatoms. The van der Waals surface area contributed by atoms with E-state index in [0.29, 0.717) is 26.3 Å². The first kappa shape index (κ1) is 15.1. The van der Waals surface area contributed by atoms with Crippen LogP contribution in [0.25, 0.3) is 0 Å². The third-order valence-electron chi connectivity index (χ3n) is 4.28. The average molecular weight is 286 g/mol. The van der Waals surface area contributed by atoms with Crippen LogP contribution >= 0.6 is 0 Å². The van der Waals surface area contributed by atoms with Gasteiger partial charge in [-0.15, -0.1) is 0 Å². The van der Waals surface area contributed by atoms with E-state index in [4.69, 9.17) is 14.6 Å². The highest BCUT2D eigenvalue weighted by Crippen LogP contribution is 2.24. The Bertz CT molecular complexity index is 381. The summed E-state index contributed by atoms with van der Waals surface area (Å²) in [5.74, 6) is -1.35. The van der Waals surface area contributed by atoms with Gasteiger partial charge in [0.15, 0.2) is 0 Å². The summed E-state index contributed by atoms with van der Waals surface area (Å²) in [5, 5.41) is 11.9. The zero-order valence-electron chi connectivity index (χ0n) is 11.9. The molecule has 3 atom stereocenters. The Kier molecular flexibility index (Phi) is 4.49. The predicted molar refractivity (Wildman–Crippen MR) is 70.4 cm³/mol. The van der Waals surface area contributed by atoms with E-state index in [1.54, 1.807) is 12.0 Å². The van der Waals surface area contributed by atoms with Crippen LogP contribution in [0.15, 0.2) is 0 Å². The second kappa shape index (κ2) is 5.97. The molecule has 114 valence electrons. The zero-order valence-corrected chi connectivity index (χ0v) is 11.9. The highest BCUT2D eigenvalue weighted by Gasteiger charge is 2.39. The van der Waals surface area contributed by atoms with E-state index in [-0.39, 0.29) is 18.5 Å². The number of hydrogen-bond donors (Lipinski definition) is 2. The molecule has 2 saturated heterocycles. The number of amides is 2. The van der Waals surface area contributed by atoms with Crippen molar-refractivity contribution in [3.8, 4) is 0 Å². The van der Waals surface area contributed by atoms with Gasteiger partial charge in [-0.05, 0) is 5.92 Å². The quantitative estimate of drug-likeness (QED) is 0.768. The summed E-state index contributed by atoms with van der Waals surface area (Å²) in [4.78, 5) is 24.7. The van der Waals surface area contributed by atoms with Gasteiger partial charge in [0.1, 0.15) is 5.60 Å². The Morgan fingerprint density at radius 1 is 1.50 bits per heavy atom. The third kappa shape index (κ3) is 3.04. The van der Waals surface area contributed by atoms with Crippen LogP contribution < -0.4 is 5.32 Å². The van der Waals surface area contributed by atoms with Crippen LogP contribution in [0.4, 0.5) is 4.79 Å². The van der Waals surface area contributed by atoms with Gasteiger partial charge < -0.3 is 24.8 Å². The molecule has 0 aromatic heterocycles. The van der Waals surface area contributed by atoms with Gasteiger partial charge in [-0.1, -0.05) is 6.92 Å². The minimum atomic E-state index is -0.842. The molecule has 0 radical (unpaired) electrons. The van der Waals surface area contributed by atoms with Gasteiger partial charge in [-0.25, -0.2) is 4.79 Å². The fourth-order valence-corrected chi connectivity index (χ4v) is 2.76. The molecular formula is C13H22N2O5. The Labute approximate surface area is 118 Å². The number of rotatable bonds is 4. The second-order valence-corrected chi connectivity index (χ2v) is 5.68. The summed E-state index contributed by atoms with van der Waals surface area (Å²) in [6.07, 6.45) is 0.748. The van der Waals surface area contributed by atoms with Crippen molar-refractivity contribution in [1.29, 1.82) is 0 Å². The largest absolute Gasteiger partial charge is 0.481 e. The van der Waals surface area contributed by atoms with Crippen LogP contribution in [0.1, 0.15) is 13.3 Å². The first-order chi connectivity index (χ1) is 9.47. The van der Waals surface area contributed by atoms with Gasteiger partial charge in [0.25, 0.3) is 0 Å². The van der Waals surface area contributed by atoms with Crippen molar-refractivity contribution in [2.45, 2.75) is 18.9 Å². The minimum Gasteiger partial charge on any atom is -0.481 e. The lowest BCUT2D eigenvalue weighted by molar-refractivity contribution is -0.142. The molecule has 2 aliphatic heterocycles. The van der Waals surface area contributed by atoms with Crippen LogP contribution in [0.2, 0.25) is 0 Å². The van der Waals surface area contributed by atoms with Crippen LogP contribution in [0.5, 0.6) is 0 Å². The van der Waals surface area contributed by atoms with E-state index in [0.717, 1.165) is 6.42 Å². The molecule has 2 fully saturated rings. The van der Waals surface area contributed by atoms with Crippen LogP contribution in [0.3, 0.4) is 0 Å². The van der Waals surface area contributed by atoms with E-state index in [1.165, 1.54) is 0 Å². The van der Waals surface area contributed by atoms with Crippen molar-refractivity contribution in [1.82, 2.24) is 10.2 Å².